The molecule has 4 nitrogen and oxygen atoms in total. The molecule has 1 saturated heterocycles. The number of benzene rings is 1. The van der Waals surface area contributed by atoms with Crippen LogP contribution in [0.4, 0.5) is 0 Å². The van der Waals surface area contributed by atoms with Gasteiger partial charge in [-0.15, -0.1) is 0 Å². The van der Waals surface area contributed by atoms with E-state index in [4.69, 9.17) is 14.2 Å². The summed E-state index contributed by atoms with van der Waals surface area (Å²) < 4.78 is 15.4. The fourth-order valence-corrected chi connectivity index (χ4v) is 2.31. The maximum atomic E-state index is 11.3. The minimum absolute atomic E-state index is 0.110. The van der Waals surface area contributed by atoms with Gasteiger partial charge >= 0.3 is 5.97 Å². The Balaban J connectivity index is 2.18. The molecule has 0 unspecified atom stereocenters. The molecule has 0 aromatic heterocycles. The van der Waals surface area contributed by atoms with Gasteiger partial charge in [0.25, 0.3) is 0 Å². The Morgan fingerprint density at radius 3 is 2.61 bits per heavy atom. The number of carbonyl (C=O) groups excluding carboxylic acids is 1. The zero-order chi connectivity index (χ0) is 13.0. The van der Waals surface area contributed by atoms with E-state index in [0.29, 0.717) is 19.6 Å². The summed E-state index contributed by atoms with van der Waals surface area (Å²) >= 11 is 0. The van der Waals surface area contributed by atoms with E-state index in [1.807, 2.05) is 24.3 Å². The normalized spacial score (nSPS) is 16.8. The van der Waals surface area contributed by atoms with E-state index in [2.05, 4.69) is 0 Å². The van der Waals surface area contributed by atoms with E-state index in [0.717, 1.165) is 17.7 Å². The van der Waals surface area contributed by atoms with Gasteiger partial charge in [0.1, 0.15) is 5.75 Å². The zero-order valence-electron chi connectivity index (χ0n) is 10.8. The summed E-state index contributed by atoms with van der Waals surface area (Å²) in [6, 6.07) is 7.90. The van der Waals surface area contributed by atoms with Gasteiger partial charge in [0, 0.05) is 17.4 Å². The van der Waals surface area contributed by atoms with Crippen molar-refractivity contribution in [1.82, 2.24) is 0 Å². The SMILES string of the molecule is COC(=O)CCC1(c2ccccc2OC)COC1. The van der Waals surface area contributed by atoms with Crippen LogP contribution in [0.1, 0.15) is 18.4 Å². The minimum atomic E-state index is -0.184. The summed E-state index contributed by atoms with van der Waals surface area (Å²) in [6.45, 7) is 1.26. The molecule has 1 fully saturated rings. The van der Waals surface area contributed by atoms with E-state index >= 15 is 0 Å². The predicted molar refractivity (Wildman–Crippen MR) is 66.7 cm³/mol. The van der Waals surface area contributed by atoms with Crippen LogP contribution in [0.15, 0.2) is 24.3 Å². The van der Waals surface area contributed by atoms with Crippen molar-refractivity contribution in [1.29, 1.82) is 0 Å². The monoisotopic (exact) mass is 250 g/mol. The largest absolute Gasteiger partial charge is 0.496 e. The van der Waals surface area contributed by atoms with E-state index in [9.17, 15) is 4.79 Å². The quantitative estimate of drug-likeness (QED) is 0.749. The van der Waals surface area contributed by atoms with Crippen LogP contribution < -0.4 is 4.74 Å². The summed E-state index contributed by atoms with van der Waals surface area (Å²) in [5.41, 5.74) is 1.00. The third-order valence-electron chi connectivity index (χ3n) is 3.47. The molecule has 0 spiro atoms. The van der Waals surface area contributed by atoms with Crippen molar-refractivity contribution in [2.45, 2.75) is 18.3 Å². The molecule has 4 heteroatoms. The molecule has 1 heterocycles. The molecule has 0 aliphatic carbocycles. The summed E-state index contributed by atoms with van der Waals surface area (Å²) in [5, 5.41) is 0. The number of rotatable bonds is 5. The lowest BCUT2D eigenvalue weighted by Gasteiger charge is -2.42. The van der Waals surface area contributed by atoms with Crippen molar-refractivity contribution in [3.8, 4) is 5.75 Å². The minimum Gasteiger partial charge on any atom is -0.496 e. The van der Waals surface area contributed by atoms with Crippen molar-refractivity contribution >= 4 is 5.97 Å². The van der Waals surface area contributed by atoms with Crippen molar-refractivity contribution in [3.05, 3.63) is 29.8 Å². The lowest BCUT2D eigenvalue weighted by molar-refractivity contribution is -0.142. The molecule has 2 rings (SSSR count). The first-order chi connectivity index (χ1) is 8.72. The van der Waals surface area contributed by atoms with Crippen molar-refractivity contribution in [2.75, 3.05) is 27.4 Å². The van der Waals surface area contributed by atoms with Crippen molar-refractivity contribution in [2.24, 2.45) is 0 Å². The molecule has 0 amide bonds. The summed E-state index contributed by atoms with van der Waals surface area (Å²) in [5.74, 6) is 0.668. The topological polar surface area (TPSA) is 44.8 Å². The van der Waals surface area contributed by atoms with Crippen LogP contribution in [-0.2, 0) is 19.7 Å². The van der Waals surface area contributed by atoms with E-state index in [1.54, 1.807) is 7.11 Å². The lowest BCUT2D eigenvalue weighted by Crippen LogP contribution is -2.47. The smallest absolute Gasteiger partial charge is 0.305 e. The number of methoxy groups -OCH3 is 2. The summed E-state index contributed by atoms with van der Waals surface area (Å²) in [7, 11) is 3.07. The fraction of sp³-hybridized carbons (Fsp3) is 0.500. The Hall–Kier alpha value is -1.55. The van der Waals surface area contributed by atoms with Crippen LogP contribution in [0.2, 0.25) is 0 Å². The Morgan fingerprint density at radius 2 is 2.06 bits per heavy atom. The highest BCUT2D eigenvalue weighted by Crippen LogP contribution is 2.41. The second kappa shape index (κ2) is 5.40. The molecule has 98 valence electrons. The highest BCUT2D eigenvalue weighted by atomic mass is 16.5. The first-order valence-electron chi connectivity index (χ1n) is 6.00. The van der Waals surface area contributed by atoms with Crippen LogP contribution >= 0.6 is 0 Å². The molecule has 1 aliphatic rings. The molecule has 0 bridgehead atoms. The van der Waals surface area contributed by atoms with E-state index in [1.165, 1.54) is 7.11 Å². The average molecular weight is 250 g/mol. The Kier molecular flexibility index (Phi) is 3.87. The molecule has 1 aliphatic heterocycles. The van der Waals surface area contributed by atoms with Gasteiger partial charge in [-0.1, -0.05) is 18.2 Å². The first kappa shape index (κ1) is 12.9. The van der Waals surface area contributed by atoms with Crippen LogP contribution in [0, 0.1) is 0 Å². The standard InChI is InChI=1S/C14H18O4/c1-16-12-6-4-3-5-11(12)14(9-18-10-14)8-7-13(15)17-2/h3-6H,7-10H2,1-2H3. The van der Waals surface area contributed by atoms with Crippen LogP contribution in [0.3, 0.4) is 0 Å². The molecule has 1 aromatic rings. The summed E-state index contributed by atoms with van der Waals surface area (Å²) in [6.07, 6.45) is 1.12. The molecule has 18 heavy (non-hydrogen) atoms. The Morgan fingerprint density at radius 1 is 1.33 bits per heavy atom. The summed E-state index contributed by atoms with van der Waals surface area (Å²) in [4.78, 5) is 11.3. The van der Waals surface area contributed by atoms with Crippen LogP contribution in [0.5, 0.6) is 5.75 Å². The number of ether oxygens (including phenoxy) is 3. The van der Waals surface area contributed by atoms with E-state index < -0.39 is 0 Å². The highest BCUT2D eigenvalue weighted by molar-refractivity contribution is 5.69. The number of para-hydroxylation sites is 1. The molecule has 0 radical (unpaired) electrons. The maximum Gasteiger partial charge on any atom is 0.305 e. The molecule has 0 atom stereocenters. The highest BCUT2D eigenvalue weighted by Gasteiger charge is 2.42. The van der Waals surface area contributed by atoms with Crippen molar-refractivity contribution in [3.63, 3.8) is 0 Å². The molecule has 1 aromatic carbocycles. The molecule has 0 N–H and O–H groups in total. The van der Waals surface area contributed by atoms with Gasteiger partial charge in [0.2, 0.25) is 0 Å². The third kappa shape index (κ3) is 2.34. The van der Waals surface area contributed by atoms with Gasteiger partial charge in [0.15, 0.2) is 0 Å². The fourth-order valence-electron chi connectivity index (χ4n) is 2.31. The molecule has 0 saturated carbocycles. The number of hydrogen-bond donors (Lipinski definition) is 0. The van der Waals surface area contributed by atoms with Gasteiger partial charge in [-0.2, -0.15) is 0 Å². The number of esters is 1. The second-order valence-corrected chi connectivity index (χ2v) is 4.55. The van der Waals surface area contributed by atoms with Crippen molar-refractivity contribution < 1.29 is 19.0 Å². The van der Waals surface area contributed by atoms with Crippen LogP contribution in [0.25, 0.3) is 0 Å². The predicted octanol–water partition coefficient (Wildman–Crippen LogP) is 1.92. The maximum absolute atomic E-state index is 11.3. The molecular formula is C14H18O4. The Bertz CT molecular complexity index is 424. The first-order valence-corrected chi connectivity index (χ1v) is 6.00. The third-order valence-corrected chi connectivity index (χ3v) is 3.47. The average Bonchev–Trinajstić information content (AvgIpc) is 2.37. The number of carbonyl (C=O) groups is 1. The van der Waals surface area contributed by atoms with Gasteiger partial charge < -0.3 is 14.2 Å². The second-order valence-electron chi connectivity index (χ2n) is 4.55. The van der Waals surface area contributed by atoms with Gasteiger partial charge in [-0.05, 0) is 12.5 Å². The van der Waals surface area contributed by atoms with E-state index in [-0.39, 0.29) is 11.4 Å². The Labute approximate surface area is 107 Å². The number of hydrogen-bond acceptors (Lipinski definition) is 4. The zero-order valence-corrected chi connectivity index (χ0v) is 10.8. The lowest BCUT2D eigenvalue weighted by atomic mass is 9.74. The van der Waals surface area contributed by atoms with Gasteiger partial charge in [-0.3, -0.25) is 4.79 Å². The molecular weight excluding hydrogens is 232 g/mol. The van der Waals surface area contributed by atoms with Crippen LogP contribution in [-0.4, -0.2) is 33.4 Å². The van der Waals surface area contributed by atoms with Gasteiger partial charge in [-0.25, -0.2) is 0 Å². The van der Waals surface area contributed by atoms with Gasteiger partial charge in [0.05, 0.1) is 27.4 Å².